The van der Waals surface area contributed by atoms with Crippen molar-refractivity contribution in [3.05, 3.63) is 0 Å². The largest absolute Gasteiger partial charge is 0.691 e. The first kappa shape index (κ1) is 19.7. The number of hydrogen-bond acceptors (Lipinski definition) is 11. The van der Waals surface area contributed by atoms with E-state index < -0.39 is 63.7 Å². The fourth-order valence-electron chi connectivity index (χ4n) is 3.86. The Morgan fingerprint density at radius 3 is 2.62 bits per heavy atom. The van der Waals surface area contributed by atoms with Gasteiger partial charge in [-0.25, -0.2) is 4.79 Å². The first-order valence-electron chi connectivity index (χ1n) is 7.45. The Hall–Kier alpha value is -1.06. The molecule has 3 rings (SSSR count). The number of alkyl halides is 2. The van der Waals surface area contributed by atoms with Crippen LogP contribution in [0, 0.1) is 17.8 Å². The molecule has 26 heavy (non-hydrogen) atoms. The highest BCUT2D eigenvalue weighted by Gasteiger charge is 2.66. The van der Waals surface area contributed by atoms with E-state index in [1.807, 2.05) is 0 Å². The van der Waals surface area contributed by atoms with Gasteiger partial charge in [0.2, 0.25) is 0 Å². The molecule has 0 aromatic rings. The molecule has 5 atom stereocenters. The summed E-state index contributed by atoms with van der Waals surface area (Å²) in [6.07, 6.45) is 0.606. The van der Waals surface area contributed by atoms with Gasteiger partial charge in [-0.2, -0.15) is 21.5 Å². The van der Waals surface area contributed by atoms with Crippen LogP contribution >= 0.6 is 12.0 Å². The normalized spacial score (nSPS) is 34.0. The summed E-state index contributed by atoms with van der Waals surface area (Å²) >= 11 is -0.844. The molecule has 3 fully saturated rings. The van der Waals surface area contributed by atoms with Gasteiger partial charge >= 0.3 is 17.2 Å². The van der Waals surface area contributed by atoms with Crippen molar-refractivity contribution in [2.24, 2.45) is 17.8 Å². The molecule has 1 heterocycles. The van der Waals surface area contributed by atoms with Crippen molar-refractivity contribution in [1.82, 2.24) is 0 Å². The summed E-state index contributed by atoms with van der Waals surface area (Å²) in [5.74, 6) is -4.11. The molecule has 0 N–H and O–H groups in total. The lowest BCUT2D eigenvalue weighted by atomic mass is 9.87. The van der Waals surface area contributed by atoms with Gasteiger partial charge in [0.15, 0.2) is 0 Å². The van der Waals surface area contributed by atoms with Gasteiger partial charge in [-0.3, -0.25) is 14.0 Å². The van der Waals surface area contributed by atoms with Gasteiger partial charge in [-0.1, -0.05) is 0 Å². The maximum Gasteiger partial charge on any atom is 0.415 e. The lowest BCUT2D eigenvalue weighted by Crippen LogP contribution is -2.38. The standard InChI is InChI=1S/C12H14F2O10S2/c13-12(14,25-24-23-17)11(16)21-2-1-20-10(15)8-5-3-6-7(4-5)22-26(18,19)9(6)8/h5-9,17H,1-4H2/p-1. The quantitative estimate of drug-likeness (QED) is 0.123. The number of hydrogen-bond donors (Lipinski definition) is 0. The lowest BCUT2D eigenvalue weighted by molar-refractivity contribution is -0.777. The van der Waals surface area contributed by atoms with E-state index in [1.54, 1.807) is 0 Å². The van der Waals surface area contributed by atoms with Crippen LogP contribution in [0.25, 0.3) is 0 Å². The SMILES string of the molecule is O=C(OCCOC(=O)C(F)(F)SOO[O-])C1C2CC3OS(=O)(=O)C1C3C2. The summed E-state index contributed by atoms with van der Waals surface area (Å²) < 4.78 is 67.6. The van der Waals surface area contributed by atoms with Crippen molar-refractivity contribution in [3.63, 3.8) is 0 Å². The number of ether oxygens (including phenoxy) is 2. The second-order valence-corrected chi connectivity index (χ2v) is 8.59. The third-order valence-corrected chi connectivity index (χ3v) is 7.02. The smallest absolute Gasteiger partial charge is 0.415 e. The zero-order chi connectivity index (χ0) is 19.1. The third kappa shape index (κ3) is 3.53. The molecule has 0 aromatic carbocycles. The first-order valence-corrected chi connectivity index (χ1v) is 9.67. The molecule has 0 radical (unpaired) electrons. The number of carbonyl (C=O) groups excluding carboxylic acids is 2. The molecule has 148 valence electrons. The first-order chi connectivity index (χ1) is 12.2. The summed E-state index contributed by atoms with van der Waals surface area (Å²) in [5.41, 5.74) is 0. The van der Waals surface area contributed by atoms with Crippen molar-refractivity contribution in [1.29, 1.82) is 0 Å². The minimum absolute atomic E-state index is 0.174. The second kappa shape index (κ2) is 7.16. The molecule has 1 aliphatic heterocycles. The summed E-state index contributed by atoms with van der Waals surface area (Å²) in [5, 5.41) is 7.04. The Labute approximate surface area is 150 Å². The van der Waals surface area contributed by atoms with Gasteiger partial charge in [0.1, 0.15) is 30.5 Å². The van der Waals surface area contributed by atoms with Gasteiger partial charge in [0, 0.05) is 5.92 Å². The second-order valence-electron chi connectivity index (χ2n) is 6.05. The highest BCUT2D eigenvalue weighted by Crippen LogP contribution is 2.57. The van der Waals surface area contributed by atoms with Gasteiger partial charge in [0.05, 0.1) is 12.0 Å². The van der Waals surface area contributed by atoms with E-state index in [9.17, 15) is 32.0 Å². The Morgan fingerprint density at radius 2 is 1.92 bits per heavy atom. The molecule has 1 saturated heterocycles. The fraction of sp³-hybridized carbons (Fsp3) is 0.833. The lowest BCUT2D eigenvalue weighted by Gasteiger charge is -2.23. The van der Waals surface area contributed by atoms with Gasteiger partial charge in [0.25, 0.3) is 10.1 Å². The van der Waals surface area contributed by atoms with E-state index in [4.69, 9.17) is 8.92 Å². The molecule has 3 aliphatic rings. The molecule has 14 heteroatoms. The molecule has 2 aliphatic carbocycles. The van der Waals surface area contributed by atoms with Crippen LogP contribution in [0.2, 0.25) is 0 Å². The Balaban J connectivity index is 1.46. The molecule has 0 aromatic heterocycles. The number of esters is 2. The molecular weight excluding hydrogens is 406 g/mol. The van der Waals surface area contributed by atoms with Gasteiger partial charge < -0.3 is 14.7 Å². The van der Waals surface area contributed by atoms with Gasteiger partial charge in [-0.15, -0.1) is 0 Å². The molecule has 0 amide bonds. The van der Waals surface area contributed by atoms with Crippen LogP contribution in [0.1, 0.15) is 12.8 Å². The van der Waals surface area contributed by atoms with Crippen LogP contribution in [-0.4, -0.2) is 50.2 Å². The van der Waals surface area contributed by atoms with Crippen LogP contribution in [0.5, 0.6) is 0 Å². The minimum atomic E-state index is -4.19. The van der Waals surface area contributed by atoms with Crippen molar-refractivity contribution in [2.75, 3.05) is 13.2 Å². The zero-order valence-corrected chi connectivity index (χ0v) is 14.5. The summed E-state index contributed by atoms with van der Waals surface area (Å²) in [6, 6.07) is 0. The minimum Gasteiger partial charge on any atom is -0.691 e. The van der Waals surface area contributed by atoms with Gasteiger partial charge in [-0.05, 0) is 18.8 Å². The highest BCUT2D eigenvalue weighted by molar-refractivity contribution is 7.96. The van der Waals surface area contributed by atoms with Crippen LogP contribution < -0.4 is 5.26 Å². The van der Waals surface area contributed by atoms with E-state index in [0.717, 1.165) is 0 Å². The van der Waals surface area contributed by atoms with E-state index in [0.29, 0.717) is 12.8 Å². The predicted molar refractivity (Wildman–Crippen MR) is 73.9 cm³/mol. The molecule has 2 bridgehead atoms. The molecule has 5 unspecified atom stereocenters. The van der Waals surface area contributed by atoms with E-state index >= 15 is 0 Å². The van der Waals surface area contributed by atoms with E-state index in [2.05, 4.69) is 14.1 Å². The van der Waals surface area contributed by atoms with E-state index in [1.165, 1.54) is 0 Å². The van der Waals surface area contributed by atoms with Crippen molar-refractivity contribution >= 4 is 34.1 Å². The van der Waals surface area contributed by atoms with E-state index in [-0.39, 0.29) is 17.9 Å². The monoisotopic (exact) mass is 419 g/mol. The van der Waals surface area contributed by atoms with Crippen molar-refractivity contribution in [2.45, 2.75) is 29.5 Å². The zero-order valence-electron chi connectivity index (χ0n) is 12.9. The number of rotatable bonds is 8. The number of carbonyl (C=O) groups is 2. The molecule has 10 nitrogen and oxygen atoms in total. The van der Waals surface area contributed by atoms with Crippen LogP contribution in [-0.2, 0) is 42.7 Å². The Bertz CT molecular complexity index is 681. The van der Waals surface area contributed by atoms with Crippen molar-refractivity contribution < 1.29 is 55.1 Å². The van der Waals surface area contributed by atoms with Crippen LogP contribution in [0.4, 0.5) is 8.78 Å². The maximum absolute atomic E-state index is 13.1. The third-order valence-electron chi connectivity index (χ3n) is 4.70. The predicted octanol–water partition coefficient (Wildman–Crippen LogP) is -0.710. The molecule has 2 saturated carbocycles. The molecule has 0 spiro atoms. The number of halogens is 2. The average Bonchev–Trinajstić information content (AvgIpc) is 3.17. The summed E-state index contributed by atoms with van der Waals surface area (Å²) in [7, 11) is -3.84. The Kier molecular flexibility index (Phi) is 5.43. The molecular formula is C12H13F2O10S2-. The fourth-order valence-corrected chi connectivity index (χ4v) is 6.20. The number of fused-ring (bicyclic) bond motifs is 1. The highest BCUT2D eigenvalue weighted by atomic mass is 32.2. The maximum atomic E-state index is 13.1. The van der Waals surface area contributed by atoms with Crippen LogP contribution in [0.3, 0.4) is 0 Å². The Morgan fingerprint density at radius 1 is 1.23 bits per heavy atom. The summed E-state index contributed by atoms with van der Waals surface area (Å²) in [6.45, 7) is -1.22. The van der Waals surface area contributed by atoms with Crippen LogP contribution in [0.15, 0.2) is 0 Å². The summed E-state index contributed by atoms with van der Waals surface area (Å²) in [4.78, 5) is 23.3. The average molecular weight is 419 g/mol. The topological polar surface area (TPSA) is 137 Å². The van der Waals surface area contributed by atoms with Crippen molar-refractivity contribution in [3.8, 4) is 0 Å².